The third-order valence-corrected chi connectivity index (χ3v) is 3.25. The summed E-state index contributed by atoms with van der Waals surface area (Å²) in [5.41, 5.74) is 1.32. The van der Waals surface area contributed by atoms with Gasteiger partial charge in [0, 0.05) is 33.2 Å². The highest BCUT2D eigenvalue weighted by Gasteiger charge is 2.10. The number of unbranched alkanes of at least 4 members (excludes halogenated alkanes) is 1. The Morgan fingerprint density at radius 3 is 2.50 bits per heavy atom. The molecule has 0 radical (unpaired) electrons. The van der Waals surface area contributed by atoms with Gasteiger partial charge in [-0.1, -0.05) is 50.1 Å². The number of nitrogens with zero attached hydrogens (tertiary/aromatic N) is 1. The molecule has 4 heteroatoms. The molecule has 1 rings (SSSR count). The maximum atomic E-state index is 11.4. The van der Waals surface area contributed by atoms with Gasteiger partial charge in [0.25, 0.3) is 0 Å². The highest BCUT2D eigenvalue weighted by atomic mass is 16.2. The second-order valence-corrected chi connectivity index (χ2v) is 5.19. The van der Waals surface area contributed by atoms with Crippen LogP contribution in [0, 0.1) is 0 Å². The van der Waals surface area contributed by atoms with Crippen LogP contribution >= 0.6 is 0 Å². The Bertz CT molecular complexity index is 379. The van der Waals surface area contributed by atoms with Gasteiger partial charge in [-0.15, -0.1) is 0 Å². The number of urea groups is 1. The van der Waals surface area contributed by atoms with Gasteiger partial charge in [-0.05, 0) is 12.0 Å². The van der Waals surface area contributed by atoms with E-state index in [4.69, 9.17) is 0 Å². The van der Waals surface area contributed by atoms with E-state index in [0.29, 0.717) is 12.6 Å². The molecular weight excluding hydrogens is 250 g/mol. The van der Waals surface area contributed by atoms with Crippen LogP contribution in [0.25, 0.3) is 0 Å². The fourth-order valence-electron chi connectivity index (χ4n) is 2.05. The Kier molecular flexibility index (Phi) is 7.73. The van der Waals surface area contributed by atoms with Gasteiger partial charge in [-0.2, -0.15) is 0 Å². The third kappa shape index (κ3) is 6.06. The summed E-state index contributed by atoms with van der Waals surface area (Å²) < 4.78 is 0. The second-order valence-electron chi connectivity index (χ2n) is 5.19. The summed E-state index contributed by atoms with van der Waals surface area (Å²) >= 11 is 0. The number of carbonyl (C=O) groups excluding carboxylic acids is 1. The summed E-state index contributed by atoms with van der Waals surface area (Å²) in [6.07, 6.45) is 3.53. The van der Waals surface area contributed by atoms with Crippen LogP contribution in [0.2, 0.25) is 0 Å². The molecule has 1 aromatic rings. The summed E-state index contributed by atoms with van der Waals surface area (Å²) in [4.78, 5) is 13.0. The predicted octanol–water partition coefficient (Wildman–Crippen LogP) is 2.78. The van der Waals surface area contributed by atoms with Crippen molar-refractivity contribution in [3.8, 4) is 0 Å². The van der Waals surface area contributed by atoms with Crippen LogP contribution in [0.3, 0.4) is 0 Å². The van der Waals surface area contributed by atoms with E-state index < -0.39 is 0 Å². The first-order valence-corrected chi connectivity index (χ1v) is 7.38. The number of rotatable bonds is 8. The van der Waals surface area contributed by atoms with Crippen molar-refractivity contribution >= 4 is 6.03 Å². The molecule has 20 heavy (non-hydrogen) atoms. The molecule has 0 spiro atoms. The lowest BCUT2D eigenvalue weighted by Gasteiger charge is -2.20. The summed E-state index contributed by atoms with van der Waals surface area (Å²) in [5, 5.41) is 6.40. The monoisotopic (exact) mass is 277 g/mol. The number of hydrogen-bond acceptors (Lipinski definition) is 2. The van der Waals surface area contributed by atoms with E-state index in [2.05, 4.69) is 41.8 Å². The molecule has 2 N–H and O–H groups in total. The van der Waals surface area contributed by atoms with Gasteiger partial charge >= 0.3 is 6.03 Å². The summed E-state index contributed by atoms with van der Waals surface area (Å²) in [6, 6.07) is 10.8. The first-order valence-electron chi connectivity index (χ1n) is 7.38. The van der Waals surface area contributed by atoms with Crippen molar-refractivity contribution in [1.82, 2.24) is 15.5 Å². The Hall–Kier alpha value is -1.55. The molecule has 0 aliphatic rings. The maximum absolute atomic E-state index is 11.4. The molecule has 1 aromatic carbocycles. The van der Waals surface area contributed by atoms with E-state index in [1.54, 1.807) is 19.0 Å². The van der Waals surface area contributed by atoms with Crippen molar-refractivity contribution in [2.75, 3.05) is 27.2 Å². The van der Waals surface area contributed by atoms with Crippen molar-refractivity contribution in [3.05, 3.63) is 35.9 Å². The highest BCUT2D eigenvalue weighted by Crippen LogP contribution is 2.18. The molecular formula is C16H27N3O. The maximum Gasteiger partial charge on any atom is 0.316 e. The first kappa shape index (κ1) is 16.5. The van der Waals surface area contributed by atoms with E-state index >= 15 is 0 Å². The summed E-state index contributed by atoms with van der Waals surface area (Å²) in [6.45, 7) is 3.63. The molecule has 1 unspecified atom stereocenters. The minimum atomic E-state index is -0.0448. The number of hydrogen-bond donors (Lipinski definition) is 2. The van der Waals surface area contributed by atoms with Crippen LogP contribution in [-0.4, -0.2) is 38.1 Å². The molecule has 4 nitrogen and oxygen atoms in total. The molecule has 0 saturated heterocycles. The van der Waals surface area contributed by atoms with Gasteiger partial charge in [0.2, 0.25) is 0 Å². The normalized spacial score (nSPS) is 11.9. The van der Waals surface area contributed by atoms with Crippen LogP contribution in [0.1, 0.15) is 37.8 Å². The quantitative estimate of drug-likeness (QED) is 0.718. The highest BCUT2D eigenvalue weighted by molar-refractivity contribution is 5.73. The minimum absolute atomic E-state index is 0.0448. The lowest BCUT2D eigenvalue weighted by Crippen LogP contribution is -2.39. The molecule has 0 aliphatic carbocycles. The van der Waals surface area contributed by atoms with Crippen LogP contribution in [0.5, 0.6) is 0 Å². The Morgan fingerprint density at radius 1 is 1.20 bits per heavy atom. The van der Waals surface area contributed by atoms with Crippen LogP contribution < -0.4 is 10.6 Å². The van der Waals surface area contributed by atoms with Crippen molar-refractivity contribution in [2.24, 2.45) is 0 Å². The van der Waals surface area contributed by atoms with Gasteiger partial charge < -0.3 is 15.5 Å². The molecule has 0 heterocycles. The topological polar surface area (TPSA) is 44.4 Å². The average Bonchev–Trinajstić information content (AvgIpc) is 2.47. The van der Waals surface area contributed by atoms with E-state index in [9.17, 15) is 4.79 Å². The van der Waals surface area contributed by atoms with E-state index in [1.807, 2.05) is 6.07 Å². The number of benzene rings is 1. The van der Waals surface area contributed by atoms with Gasteiger partial charge in [-0.25, -0.2) is 4.79 Å². The molecule has 2 amide bonds. The Labute approximate surface area is 122 Å². The van der Waals surface area contributed by atoms with Gasteiger partial charge in [0.15, 0.2) is 0 Å². The fraction of sp³-hybridized carbons (Fsp3) is 0.562. The molecule has 0 saturated carbocycles. The zero-order chi connectivity index (χ0) is 14.8. The Morgan fingerprint density at radius 2 is 1.90 bits per heavy atom. The largest absolute Gasteiger partial charge is 0.337 e. The van der Waals surface area contributed by atoms with E-state index in [1.165, 1.54) is 18.4 Å². The molecule has 0 bridgehead atoms. The van der Waals surface area contributed by atoms with Crippen molar-refractivity contribution in [2.45, 2.75) is 32.2 Å². The summed E-state index contributed by atoms with van der Waals surface area (Å²) in [5.74, 6) is 0. The number of amides is 2. The lowest BCUT2D eigenvalue weighted by molar-refractivity contribution is 0.217. The van der Waals surface area contributed by atoms with Crippen molar-refractivity contribution < 1.29 is 4.79 Å². The van der Waals surface area contributed by atoms with Crippen LogP contribution in [0.4, 0.5) is 4.79 Å². The fourth-order valence-corrected chi connectivity index (χ4v) is 2.05. The SMILES string of the molecule is CCCCC(NCCNC(=O)N(C)C)c1ccccc1. The van der Waals surface area contributed by atoms with Crippen LogP contribution in [-0.2, 0) is 0 Å². The Balaban J connectivity index is 2.40. The number of nitrogens with one attached hydrogen (secondary N) is 2. The molecule has 112 valence electrons. The molecule has 1 atom stereocenters. The van der Waals surface area contributed by atoms with Crippen molar-refractivity contribution in [3.63, 3.8) is 0 Å². The van der Waals surface area contributed by atoms with E-state index in [0.717, 1.165) is 13.0 Å². The van der Waals surface area contributed by atoms with E-state index in [-0.39, 0.29) is 6.03 Å². The predicted molar refractivity (Wildman–Crippen MR) is 83.8 cm³/mol. The molecule has 0 aromatic heterocycles. The smallest absolute Gasteiger partial charge is 0.316 e. The van der Waals surface area contributed by atoms with Gasteiger partial charge in [0.1, 0.15) is 0 Å². The first-order chi connectivity index (χ1) is 9.65. The standard InChI is InChI=1S/C16H27N3O/c1-4-5-11-15(14-9-7-6-8-10-14)17-12-13-18-16(20)19(2)3/h6-10,15,17H,4-5,11-13H2,1-3H3,(H,18,20). The third-order valence-electron chi connectivity index (χ3n) is 3.25. The lowest BCUT2D eigenvalue weighted by atomic mass is 10.0. The number of carbonyl (C=O) groups is 1. The average molecular weight is 277 g/mol. The zero-order valence-corrected chi connectivity index (χ0v) is 12.9. The molecule has 0 aliphatic heterocycles. The van der Waals surface area contributed by atoms with Gasteiger partial charge in [-0.3, -0.25) is 0 Å². The molecule has 0 fully saturated rings. The summed E-state index contributed by atoms with van der Waals surface area (Å²) in [7, 11) is 3.49. The van der Waals surface area contributed by atoms with Crippen molar-refractivity contribution in [1.29, 1.82) is 0 Å². The van der Waals surface area contributed by atoms with Crippen LogP contribution in [0.15, 0.2) is 30.3 Å². The second kappa shape index (κ2) is 9.37. The van der Waals surface area contributed by atoms with Gasteiger partial charge in [0.05, 0.1) is 0 Å². The minimum Gasteiger partial charge on any atom is -0.337 e. The zero-order valence-electron chi connectivity index (χ0n) is 12.9.